The zero-order chi connectivity index (χ0) is 15.9. The Bertz CT molecular complexity index is 533. The average molecular weight is 339 g/mol. The number of hydrogen-bond donors (Lipinski definition) is 1. The Morgan fingerprint density at radius 3 is 2.65 bits per heavy atom. The number of hydrogen-bond acceptors (Lipinski definition) is 5. The minimum atomic E-state index is 0. The summed E-state index contributed by atoms with van der Waals surface area (Å²) in [6.07, 6.45) is 3.14. The van der Waals surface area contributed by atoms with E-state index in [1.165, 1.54) is 0 Å². The van der Waals surface area contributed by atoms with Gasteiger partial charge in [-0.3, -0.25) is 0 Å². The van der Waals surface area contributed by atoms with Gasteiger partial charge in [-0.05, 0) is 31.6 Å². The van der Waals surface area contributed by atoms with Gasteiger partial charge in [-0.15, -0.1) is 12.4 Å². The molecule has 0 aromatic heterocycles. The number of ether oxygens (including phenoxy) is 1. The summed E-state index contributed by atoms with van der Waals surface area (Å²) in [4.78, 5) is 8.94. The van der Waals surface area contributed by atoms with Crippen molar-refractivity contribution in [2.24, 2.45) is 4.99 Å². The second-order valence-corrected chi connectivity index (χ2v) is 5.50. The van der Waals surface area contributed by atoms with Crippen LogP contribution in [0.25, 0.3) is 0 Å². The first-order valence-electron chi connectivity index (χ1n) is 7.72. The molecule has 23 heavy (non-hydrogen) atoms. The van der Waals surface area contributed by atoms with Gasteiger partial charge in [0, 0.05) is 27.7 Å². The van der Waals surface area contributed by atoms with Gasteiger partial charge in [0.15, 0.2) is 0 Å². The monoisotopic (exact) mass is 338 g/mol. The van der Waals surface area contributed by atoms with Crippen LogP contribution in [0.1, 0.15) is 13.3 Å². The van der Waals surface area contributed by atoms with Crippen molar-refractivity contribution in [2.45, 2.75) is 19.4 Å². The highest BCUT2D eigenvalue weighted by molar-refractivity contribution is 5.85. The second-order valence-electron chi connectivity index (χ2n) is 5.50. The zero-order valence-corrected chi connectivity index (χ0v) is 15.1. The summed E-state index contributed by atoms with van der Waals surface area (Å²) in [7, 11) is 6.02. The third-order valence-electron chi connectivity index (χ3n) is 3.82. The quantitative estimate of drug-likeness (QED) is 0.809. The second kappa shape index (κ2) is 9.30. The lowest BCUT2D eigenvalue weighted by Gasteiger charge is -2.32. The number of benzene rings is 1. The molecule has 1 heterocycles. The number of guanidine groups is 1. The summed E-state index contributed by atoms with van der Waals surface area (Å²) in [5, 5.41) is 3.14. The molecule has 0 fully saturated rings. The maximum atomic E-state index is 5.72. The van der Waals surface area contributed by atoms with Gasteiger partial charge >= 0.3 is 0 Å². The van der Waals surface area contributed by atoms with E-state index in [0.717, 1.165) is 30.5 Å². The van der Waals surface area contributed by atoms with E-state index in [9.17, 15) is 0 Å². The molecular weight excluding hydrogens is 312 g/mol. The normalized spacial score (nSPS) is 16.9. The van der Waals surface area contributed by atoms with Crippen LogP contribution in [0, 0.1) is 0 Å². The van der Waals surface area contributed by atoms with Crippen LogP contribution in [0.5, 0.6) is 5.75 Å². The Labute approximate surface area is 145 Å². The Morgan fingerprint density at radius 1 is 1.30 bits per heavy atom. The lowest BCUT2D eigenvalue weighted by molar-refractivity contribution is 0.280. The van der Waals surface area contributed by atoms with Crippen molar-refractivity contribution in [1.82, 2.24) is 15.1 Å². The number of para-hydroxylation sites is 1. The SMILES string of the molecule is CNC1=NC(N(C)CCCOc2ccccc2)=CC(C)N1C.Cl. The molecule has 6 heteroatoms. The van der Waals surface area contributed by atoms with E-state index in [1.807, 2.05) is 44.4 Å². The number of aliphatic imine (C=N–C) groups is 1. The Morgan fingerprint density at radius 2 is 2.00 bits per heavy atom. The number of halogens is 1. The molecular formula is C17H27ClN4O. The molecule has 1 aliphatic rings. The summed E-state index contributed by atoms with van der Waals surface area (Å²) in [6, 6.07) is 10.3. The Kier molecular flexibility index (Phi) is 7.75. The molecule has 1 aliphatic heterocycles. The summed E-state index contributed by atoms with van der Waals surface area (Å²) < 4.78 is 5.72. The molecule has 1 aromatic rings. The standard InChI is InChI=1S/C17H26N4O.ClH/c1-14-13-16(19-17(18-2)21(14)4)20(3)11-8-12-22-15-9-6-5-7-10-15;/h5-7,9-10,13-14H,8,11-12H2,1-4H3,(H,18,19);1H. The molecule has 5 nitrogen and oxygen atoms in total. The molecule has 0 saturated heterocycles. The van der Waals surface area contributed by atoms with E-state index in [0.29, 0.717) is 12.6 Å². The molecule has 0 saturated carbocycles. The number of nitrogens with one attached hydrogen (secondary N) is 1. The van der Waals surface area contributed by atoms with Crippen molar-refractivity contribution in [3.8, 4) is 5.75 Å². The molecule has 128 valence electrons. The van der Waals surface area contributed by atoms with Gasteiger partial charge in [0.1, 0.15) is 11.6 Å². The first-order valence-corrected chi connectivity index (χ1v) is 7.72. The average Bonchev–Trinajstić information content (AvgIpc) is 2.54. The van der Waals surface area contributed by atoms with Crippen molar-refractivity contribution in [1.29, 1.82) is 0 Å². The molecule has 2 rings (SSSR count). The van der Waals surface area contributed by atoms with Crippen LogP contribution in [-0.2, 0) is 0 Å². The fraction of sp³-hybridized carbons (Fsp3) is 0.471. The van der Waals surface area contributed by atoms with E-state index < -0.39 is 0 Å². The van der Waals surface area contributed by atoms with E-state index >= 15 is 0 Å². The fourth-order valence-corrected chi connectivity index (χ4v) is 2.31. The summed E-state index contributed by atoms with van der Waals surface area (Å²) in [5.74, 6) is 2.83. The first-order chi connectivity index (χ1) is 10.6. The molecule has 0 spiro atoms. The van der Waals surface area contributed by atoms with Gasteiger partial charge in [0.2, 0.25) is 5.96 Å². The fourth-order valence-electron chi connectivity index (χ4n) is 2.31. The summed E-state index contributed by atoms with van der Waals surface area (Å²) in [5.41, 5.74) is 0. The highest BCUT2D eigenvalue weighted by atomic mass is 35.5. The minimum absolute atomic E-state index is 0. The van der Waals surface area contributed by atoms with Crippen LogP contribution in [0.4, 0.5) is 0 Å². The van der Waals surface area contributed by atoms with Crippen LogP contribution in [-0.4, -0.2) is 56.1 Å². The van der Waals surface area contributed by atoms with E-state index in [-0.39, 0.29) is 12.4 Å². The molecule has 0 radical (unpaired) electrons. The summed E-state index contributed by atoms with van der Waals surface area (Å²) >= 11 is 0. The van der Waals surface area contributed by atoms with Crippen molar-refractivity contribution >= 4 is 18.4 Å². The maximum Gasteiger partial charge on any atom is 0.200 e. The largest absolute Gasteiger partial charge is 0.494 e. The van der Waals surface area contributed by atoms with Gasteiger partial charge < -0.3 is 19.9 Å². The van der Waals surface area contributed by atoms with Crippen molar-refractivity contribution in [3.05, 3.63) is 42.2 Å². The van der Waals surface area contributed by atoms with Crippen LogP contribution in [0.3, 0.4) is 0 Å². The maximum absolute atomic E-state index is 5.72. The van der Waals surface area contributed by atoms with Crippen LogP contribution in [0.15, 0.2) is 47.2 Å². The van der Waals surface area contributed by atoms with Gasteiger partial charge in [-0.25, -0.2) is 0 Å². The lowest BCUT2D eigenvalue weighted by Crippen LogP contribution is -2.44. The predicted octanol–water partition coefficient (Wildman–Crippen LogP) is 2.56. The van der Waals surface area contributed by atoms with Crippen molar-refractivity contribution in [3.63, 3.8) is 0 Å². The molecule has 0 amide bonds. The highest BCUT2D eigenvalue weighted by Crippen LogP contribution is 2.15. The third kappa shape index (κ3) is 5.36. The van der Waals surface area contributed by atoms with Crippen molar-refractivity contribution in [2.75, 3.05) is 34.3 Å². The topological polar surface area (TPSA) is 40.1 Å². The van der Waals surface area contributed by atoms with Crippen LogP contribution < -0.4 is 10.1 Å². The first kappa shape index (κ1) is 19.2. The molecule has 0 aliphatic carbocycles. The summed E-state index contributed by atoms with van der Waals surface area (Å²) in [6.45, 7) is 3.79. The van der Waals surface area contributed by atoms with Gasteiger partial charge in [0.25, 0.3) is 0 Å². The van der Waals surface area contributed by atoms with Gasteiger partial charge in [-0.1, -0.05) is 18.2 Å². The van der Waals surface area contributed by atoms with E-state index in [4.69, 9.17) is 4.74 Å². The number of likely N-dealkylation sites (N-methyl/N-ethyl adjacent to an activating group) is 1. The molecule has 1 N–H and O–H groups in total. The predicted molar refractivity (Wildman–Crippen MR) is 98.2 cm³/mol. The van der Waals surface area contributed by atoms with Crippen molar-refractivity contribution < 1.29 is 4.74 Å². The van der Waals surface area contributed by atoms with E-state index in [2.05, 4.69) is 40.2 Å². The Hall–Kier alpha value is -1.88. The smallest absolute Gasteiger partial charge is 0.200 e. The number of rotatable bonds is 6. The molecule has 0 bridgehead atoms. The lowest BCUT2D eigenvalue weighted by atomic mass is 10.2. The van der Waals surface area contributed by atoms with Gasteiger partial charge in [0.05, 0.1) is 12.6 Å². The number of nitrogens with zero attached hydrogens (tertiary/aromatic N) is 3. The zero-order valence-electron chi connectivity index (χ0n) is 14.3. The molecule has 1 aromatic carbocycles. The van der Waals surface area contributed by atoms with Crippen LogP contribution in [0.2, 0.25) is 0 Å². The molecule has 1 unspecified atom stereocenters. The highest BCUT2D eigenvalue weighted by Gasteiger charge is 2.19. The Balaban J connectivity index is 0.00000264. The van der Waals surface area contributed by atoms with Gasteiger partial charge in [-0.2, -0.15) is 4.99 Å². The third-order valence-corrected chi connectivity index (χ3v) is 3.82. The molecule has 1 atom stereocenters. The van der Waals surface area contributed by atoms with E-state index in [1.54, 1.807) is 0 Å². The minimum Gasteiger partial charge on any atom is -0.494 e. The van der Waals surface area contributed by atoms with Crippen LogP contribution >= 0.6 is 12.4 Å².